The topological polar surface area (TPSA) is 103 Å². The molecule has 1 amide bonds. The number of aromatic nitrogens is 1. The Balaban J connectivity index is 1.47. The molecule has 176 valence electrons. The van der Waals surface area contributed by atoms with Gasteiger partial charge in [0.25, 0.3) is 15.9 Å². The summed E-state index contributed by atoms with van der Waals surface area (Å²) in [4.78, 5) is 37.4. The normalized spacial score (nSPS) is 14.2. The van der Waals surface area contributed by atoms with E-state index in [1.54, 1.807) is 12.1 Å². The van der Waals surface area contributed by atoms with E-state index in [1.807, 2.05) is 44.4 Å². The average Bonchev–Trinajstić information content (AvgIpc) is 3.17. The third-order valence-corrected chi connectivity index (χ3v) is 7.53. The van der Waals surface area contributed by atoms with E-state index in [0.717, 1.165) is 22.5 Å². The molecule has 0 fully saturated rings. The summed E-state index contributed by atoms with van der Waals surface area (Å²) < 4.78 is 32.7. The van der Waals surface area contributed by atoms with Gasteiger partial charge < -0.3 is 9.30 Å². The summed E-state index contributed by atoms with van der Waals surface area (Å²) in [6, 6.07) is 13.6. The molecular weight excluding hydrogens is 456 g/mol. The van der Waals surface area contributed by atoms with Crippen LogP contribution in [0.1, 0.15) is 43.2 Å². The zero-order valence-corrected chi connectivity index (χ0v) is 20.1. The summed E-state index contributed by atoms with van der Waals surface area (Å²) >= 11 is 0. The molecule has 1 aliphatic rings. The standard InChI is InChI=1S/C25H24N2O6S/c1-15-9-16(2)11-19(10-15)27-17(3)12-21(18(27)4)22(28)14-33-24(29)13-26-25(30)20-7-5-6-8-23(20)34(26,31)32/h5-12H,13-14H2,1-4H3. The zero-order chi connectivity index (χ0) is 24.8. The highest BCUT2D eigenvalue weighted by molar-refractivity contribution is 7.90. The van der Waals surface area contributed by atoms with Gasteiger partial charge in [0.2, 0.25) is 5.78 Å². The quantitative estimate of drug-likeness (QED) is 0.396. The van der Waals surface area contributed by atoms with E-state index < -0.39 is 40.8 Å². The number of benzene rings is 2. The fourth-order valence-corrected chi connectivity index (χ4v) is 5.81. The third kappa shape index (κ3) is 4.03. The molecule has 1 aliphatic heterocycles. The van der Waals surface area contributed by atoms with Gasteiger partial charge in [-0.25, -0.2) is 12.7 Å². The van der Waals surface area contributed by atoms with E-state index in [1.165, 1.54) is 18.2 Å². The number of nitrogens with zero attached hydrogens (tertiary/aromatic N) is 2. The highest BCUT2D eigenvalue weighted by atomic mass is 32.2. The molecule has 8 nitrogen and oxygen atoms in total. The van der Waals surface area contributed by atoms with E-state index >= 15 is 0 Å². The fraction of sp³-hybridized carbons (Fsp3) is 0.240. The highest BCUT2D eigenvalue weighted by Crippen LogP contribution is 2.29. The lowest BCUT2D eigenvalue weighted by atomic mass is 10.1. The van der Waals surface area contributed by atoms with Crippen LogP contribution in [0.25, 0.3) is 5.69 Å². The summed E-state index contributed by atoms with van der Waals surface area (Å²) in [5.41, 5.74) is 5.09. The Labute approximate surface area is 197 Å². The van der Waals surface area contributed by atoms with Crippen LogP contribution in [0.4, 0.5) is 0 Å². The van der Waals surface area contributed by atoms with Crippen LogP contribution in [-0.4, -0.2) is 48.1 Å². The Kier molecular flexibility index (Phi) is 5.91. The largest absolute Gasteiger partial charge is 0.456 e. The highest BCUT2D eigenvalue weighted by Gasteiger charge is 2.42. The summed E-state index contributed by atoms with van der Waals surface area (Å²) in [7, 11) is -4.13. The lowest BCUT2D eigenvalue weighted by molar-refractivity contribution is -0.142. The number of aryl methyl sites for hydroxylation is 3. The van der Waals surface area contributed by atoms with Crippen molar-refractivity contribution < 1.29 is 27.5 Å². The predicted molar refractivity (Wildman–Crippen MR) is 125 cm³/mol. The summed E-state index contributed by atoms with van der Waals surface area (Å²) in [5.74, 6) is -2.20. The molecular formula is C25H24N2O6S. The van der Waals surface area contributed by atoms with Crippen LogP contribution < -0.4 is 0 Å². The first kappa shape index (κ1) is 23.4. The lowest BCUT2D eigenvalue weighted by Gasteiger charge is -2.14. The number of esters is 1. The molecule has 0 bridgehead atoms. The van der Waals surface area contributed by atoms with Gasteiger partial charge in [0.1, 0.15) is 11.4 Å². The van der Waals surface area contributed by atoms with Crippen molar-refractivity contribution >= 4 is 27.7 Å². The second-order valence-corrected chi connectivity index (χ2v) is 10.2. The van der Waals surface area contributed by atoms with Crippen molar-refractivity contribution in [2.24, 2.45) is 0 Å². The number of hydrogen-bond acceptors (Lipinski definition) is 6. The van der Waals surface area contributed by atoms with Gasteiger partial charge in [0.05, 0.1) is 5.56 Å². The van der Waals surface area contributed by atoms with Gasteiger partial charge in [-0.1, -0.05) is 18.2 Å². The van der Waals surface area contributed by atoms with Crippen molar-refractivity contribution in [2.45, 2.75) is 32.6 Å². The number of ether oxygens (including phenoxy) is 1. The molecule has 3 aromatic rings. The first-order valence-electron chi connectivity index (χ1n) is 10.6. The zero-order valence-electron chi connectivity index (χ0n) is 19.3. The van der Waals surface area contributed by atoms with Crippen molar-refractivity contribution in [1.29, 1.82) is 0 Å². The number of sulfonamides is 1. The molecule has 0 unspecified atom stereocenters. The maximum absolute atomic E-state index is 12.8. The maximum atomic E-state index is 12.8. The number of fused-ring (bicyclic) bond motifs is 1. The van der Waals surface area contributed by atoms with Crippen molar-refractivity contribution in [2.75, 3.05) is 13.2 Å². The molecule has 0 saturated heterocycles. The molecule has 0 aliphatic carbocycles. The van der Waals surface area contributed by atoms with E-state index in [2.05, 4.69) is 6.07 Å². The van der Waals surface area contributed by atoms with Crippen molar-refractivity contribution in [3.63, 3.8) is 0 Å². The first-order chi connectivity index (χ1) is 16.0. The number of amides is 1. The number of Topliss-reactive ketones (excluding diaryl/α,β-unsaturated/α-hetero) is 1. The van der Waals surface area contributed by atoms with Gasteiger partial charge in [0, 0.05) is 22.6 Å². The van der Waals surface area contributed by atoms with Crippen LogP contribution in [0.3, 0.4) is 0 Å². The van der Waals surface area contributed by atoms with E-state index in [0.29, 0.717) is 15.6 Å². The summed E-state index contributed by atoms with van der Waals surface area (Å²) in [6.45, 7) is 6.33. The van der Waals surface area contributed by atoms with Crippen LogP contribution in [-0.2, 0) is 19.6 Å². The molecule has 0 spiro atoms. The van der Waals surface area contributed by atoms with Crippen LogP contribution >= 0.6 is 0 Å². The number of rotatable bonds is 6. The van der Waals surface area contributed by atoms with E-state index in [9.17, 15) is 22.8 Å². The monoisotopic (exact) mass is 480 g/mol. The molecule has 34 heavy (non-hydrogen) atoms. The minimum Gasteiger partial charge on any atom is -0.456 e. The molecule has 1 aromatic heterocycles. The molecule has 4 rings (SSSR count). The summed E-state index contributed by atoms with van der Waals surface area (Å²) in [6.07, 6.45) is 0. The number of hydrogen-bond donors (Lipinski definition) is 0. The molecule has 2 aromatic carbocycles. The van der Waals surface area contributed by atoms with Gasteiger partial charge in [-0.2, -0.15) is 0 Å². The molecule has 0 saturated carbocycles. The van der Waals surface area contributed by atoms with Gasteiger partial charge in [-0.05, 0) is 69.2 Å². The Morgan fingerprint density at radius 2 is 1.59 bits per heavy atom. The fourth-order valence-electron chi connectivity index (χ4n) is 4.30. The molecule has 9 heteroatoms. The molecule has 0 atom stereocenters. The Hall–Kier alpha value is -3.72. The number of carbonyl (C=O) groups is 3. The Bertz CT molecular complexity index is 1430. The maximum Gasteiger partial charge on any atom is 0.327 e. The lowest BCUT2D eigenvalue weighted by Crippen LogP contribution is -2.36. The van der Waals surface area contributed by atoms with Crippen molar-refractivity contribution in [3.8, 4) is 5.69 Å². The minimum atomic E-state index is -4.13. The van der Waals surface area contributed by atoms with Crippen LogP contribution in [0.2, 0.25) is 0 Å². The average molecular weight is 481 g/mol. The van der Waals surface area contributed by atoms with Crippen LogP contribution in [0, 0.1) is 27.7 Å². The van der Waals surface area contributed by atoms with Crippen molar-refractivity contribution in [1.82, 2.24) is 8.87 Å². The second kappa shape index (κ2) is 8.57. The third-order valence-electron chi connectivity index (χ3n) is 5.75. The molecule has 0 radical (unpaired) electrons. The van der Waals surface area contributed by atoms with Crippen molar-refractivity contribution in [3.05, 3.63) is 82.2 Å². The molecule has 0 N–H and O–H groups in total. The minimum absolute atomic E-state index is 0.00482. The number of ketones is 1. The SMILES string of the molecule is Cc1cc(C)cc(-n2c(C)cc(C(=O)COC(=O)CN3C(=O)c4ccccc4S3(=O)=O)c2C)c1. The Morgan fingerprint density at radius 3 is 2.24 bits per heavy atom. The van der Waals surface area contributed by atoms with Gasteiger partial charge in [-0.15, -0.1) is 0 Å². The van der Waals surface area contributed by atoms with Crippen LogP contribution in [0.15, 0.2) is 53.4 Å². The van der Waals surface area contributed by atoms with Gasteiger partial charge >= 0.3 is 5.97 Å². The smallest absolute Gasteiger partial charge is 0.327 e. The van der Waals surface area contributed by atoms with E-state index in [-0.39, 0.29) is 10.5 Å². The summed E-state index contributed by atoms with van der Waals surface area (Å²) in [5, 5.41) is 0. The van der Waals surface area contributed by atoms with Gasteiger partial charge in [0.15, 0.2) is 6.61 Å². The van der Waals surface area contributed by atoms with E-state index in [4.69, 9.17) is 4.74 Å². The predicted octanol–water partition coefficient (Wildman–Crippen LogP) is 3.28. The first-order valence-corrected chi connectivity index (χ1v) is 12.1. The second-order valence-electron chi connectivity index (χ2n) is 8.36. The Morgan fingerprint density at radius 1 is 0.941 bits per heavy atom. The number of carbonyl (C=O) groups excluding carboxylic acids is 3. The van der Waals surface area contributed by atoms with Gasteiger partial charge in [-0.3, -0.25) is 14.4 Å². The van der Waals surface area contributed by atoms with Crippen LogP contribution in [0.5, 0.6) is 0 Å². The molecule has 2 heterocycles.